The highest BCUT2D eigenvalue weighted by molar-refractivity contribution is 5.96. The van der Waals surface area contributed by atoms with Gasteiger partial charge < -0.3 is 16.4 Å². The van der Waals surface area contributed by atoms with Crippen LogP contribution < -0.4 is 11.5 Å². The number of benzene rings is 1. The average Bonchev–Trinajstić information content (AvgIpc) is 2.84. The Labute approximate surface area is 108 Å². The third kappa shape index (κ3) is 2.35. The van der Waals surface area contributed by atoms with Crippen LogP contribution in [0.4, 0.5) is 14.5 Å². The smallest absolute Gasteiger partial charge is 0.259 e. The van der Waals surface area contributed by atoms with E-state index in [4.69, 9.17) is 11.5 Å². The molecule has 4 N–H and O–H groups in total. The SMILES string of the molecule is NC(=O)C1CCN(C(=O)c2c(F)ccc(N)c2F)C1. The first-order valence-electron chi connectivity index (χ1n) is 5.74. The Balaban J connectivity index is 2.27. The summed E-state index contributed by atoms with van der Waals surface area (Å²) in [5.41, 5.74) is 9.47. The number of anilines is 1. The van der Waals surface area contributed by atoms with Crippen molar-refractivity contribution in [3.05, 3.63) is 29.3 Å². The Morgan fingerprint density at radius 1 is 1.32 bits per heavy atom. The van der Waals surface area contributed by atoms with Crippen molar-refractivity contribution < 1.29 is 18.4 Å². The quantitative estimate of drug-likeness (QED) is 0.766. The van der Waals surface area contributed by atoms with E-state index >= 15 is 0 Å². The number of hydrogen-bond donors (Lipinski definition) is 2. The van der Waals surface area contributed by atoms with E-state index < -0.39 is 34.9 Å². The van der Waals surface area contributed by atoms with Crippen LogP contribution in [0.25, 0.3) is 0 Å². The molecule has 2 rings (SSSR count). The molecular weight excluding hydrogens is 256 g/mol. The van der Waals surface area contributed by atoms with Gasteiger partial charge in [-0.25, -0.2) is 8.78 Å². The molecule has 0 saturated carbocycles. The maximum atomic E-state index is 13.7. The van der Waals surface area contributed by atoms with E-state index in [-0.39, 0.29) is 18.8 Å². The van der Waals surface area contributed by atoms with Crippen LogP contribution in [0.1, 0.15) is 16.8 Å². The number of carbonyl (C=O) groups is 2. The molecule has 102 valence electrons. The molecule has 19 heavy (non-hydrogen) atoms. The summed E-state index contributed by atoms with van der Waals surface area (Å²) in [4.78, 5) is 24.3. The number of amides is 2. The molecule has 0 bridgehead atoms. The van der Waals surface area contributed by atoms with Gasteiger partial charge in [0.1, 0.15) is 11.4 Å². The second-order valence-electron chi connectivity index (χ2n) is 4.46. The summed E-state index contributed by atoms with van der Waals surface area (Å²) >= 11 is 0. The first-order chi connectivity index (χ1) is 8.91. The molecule has 1 aliphatic heterocycles. The molecule has 0 radical (unpaired) electrons. The van der Waals surface area contributed by atoms with Crippen molar-refractivity contribution in [2.24, 2.45) is 11.7 Å². The van der Waals surface area contributed by atoms with Crippen LogP contribution in [0.15, 0.2) is 12.1 Å². The Hall–Kier alpha value is -2.18. The average molecular weight is 269 g/mol. The number of nitrogens with two attached hydrogens (primary N) is 2. The number of primary amides is 1. The van der Waals surface area contributed by atoms with E-state index in [1.54, 1.807) is 0 Å². The standard InChI is InChI=1S/C12H13F2N3O2/c13-7-1-2-8(15)10(14)9(7)12(19)17-4-3-6(5-17)11(16)18/h1-2,6H,3-5,15H2,(H2,16,18). The molecule has 0 aliphatic carbocycles. The van der Waals surface area contributed by atoms with Crippen molar-refractivity contribution in [3.63, 3.8) is 0 Å². The van der Waals surface area contributed by atoms with Crippen molar-refractivity contribution in [2.75, 3.05) is 18.8 Å². The van der Waals surface area contributed by atoms with Crippen LogP contribution in [-0.4, -0.2) is 29.8 Å². The van der Waals surface area contributed by atoms with Gasteiger partial charge in [0, 0.05) is 13.1 Å². The molecule has 1 atom stereocenters. The van der Waals surface area contributed by atoms with Crippen LogP contribution in [0, 0.1) is 17.6 Å². The minimum Gasteiger partial charge on any atom is -0.396 e. The van der Waals surface area contributed by atoms with E-state index in [2.05, 4.69) is 0 Å². The van der Waals surface area contributed by atoms with Gasteiger partial charge in [0.25, 0.3) is 5.91 Å². The number of carbonyl (C=O) groups excluding carboxylic acids is 2. The third-order valence-corrected chi connectivity index (χ3v) is 3.21. The molecule has 0 aromatic heterocycles. The first-order valence-corrected chi connectivity index (χ1v) is 5.74. The van der Waals surface area contributed by atoms with Crippen molar-refractivity contribution in [3.8, 4) is 0 Å². The lowest BCUT2D eigenvalue weighted by atomic mass is 10.1. The van der Waals surface area contributed by atoms with Crippen LogP contribution in [0.5, 0.6) is 0 Å². The maximum Gasteiger partial charge on any atom is 0.259 e. The molecule has 0 spiro atoms. The lowest BCUT2D eigenvalue weighted by Crippen LogP contribution is -2.33. The number of rotatable bonds is 2. The van der Waals surface area contributed by atoms with Crippen LogP contribution in [0.2, 0.25) is 0 Å². The number of hydrogen-bond acceptors (Lipinski definition) is 3. The van der Waals surface area contributed by atoms with Gasteiger partial charge in [0.15, 0.2) is 5.82 Å². The zero-order chi connectivity index (χ0) is 14.2. The predicted octanol–water partition coefficient (Wildman–Crippen LogP) is 0.494. The van der Waals surface area contributed by atoms with E-state index in [0.29, 0.717) is 6.42 Å². The molecule has 2 amide bonds. The third-order valence-electron chi connectivity index (χ3n) is 3.21. The second-order valence-corrected chi connectivity index (χ2v) is 4.46. The number of nitrogens with zero attached hydrogens (tertiary/aromatic N) is 1. The molecule has 1 aromatic rings. The number of nitrogen functional groups attached to an aromatic ring is 1. The summed E-state index contributed by atoms with van der Waals surface area (Å²) < 4.78 is 27.3. The van der Waals surface area contributed by atoms with Gasteiger partial charge in [-0.15, -0.1) is 0 Å². The fourth-order valence-corrected chi connectivity index (χ4v) is 2.10. The van der Waals surface area contributed by atoms with Gasteiger partial charge >= 0.3 is 0 Å². The minimum atomic E-state index is -1.08. The van der Waals surface area contributed by atoms with Crippen molar-refractivity contribution in [2.45, 2.75) is 6.42 Å². The van der Waals surface area contributed by atoms with Crippen LogP contribution in [-0.2, 0) is 4.79 Å². The molecule has 1 saturated heterocycles. The summed E-state index contributed by atoms with van der Waals surface area (Å²) in [5.74, 6) is -3.86. The van der Waals surface area contributed by atoms with Crippen molar-refractivity contribution in [1.29, 1.82) is 0 Å². The second kappa shape index (κ2) is 4.83. The monoisotopic (exact) mass is 269 g/mol. The van der Waals surface area contributed by atoms with E-state index in [0.717, 1.165) is 12.1 Å². The van der Waals surface area contributed by atoms with Gasteiger partial charge in [0.2, 0.25) is 5.91 Å². The summed E-state index contributed by atoms with van der Waals surface area (Å²) in [7, 11) is 0. The minimum absolute atomic E-state index is 0.0713. The van der Waals surface area contributed by atoms with Gasteiger partial charge in [-0.1, -0.05) is 0 Å². The Morgan fingerprint density at radius 2 is 2.00 bits per heavy atom. The van der Waals surface area contributed by atoms with Crippen LogP contribution in [0.3, 0.4) is 0 Å². The zero-order valence-electron chi connectivity index (χ0n) is 10.0. The molecule has 1 aliphatic rings. The van der Waals surface area contributed by atoms with Crippen molar-refractivity contribution in [1.82, 2.24) is 4.90 Å². The first kappa shape index (κ1) is 13.3. The molecular formula is C12H13F2N3O2. The largest absolute Gasteiger partial charge is 0.396 e. The summed E-state index contributed by atoms with van der Waals surface area (Å²) in [5, 5.41) is 0. The highest BCUT2D eigenvalue weighted by atomic mass is 19.1. The fraction of sp³-hybridized carbons (Fsp3) is 0.333. The summed E-state index contributed by atoms with van der Waals surface area (Å²) in [6.45, 7) is 0.308. The normalized spacial score (nSPS) is 18.6. The molecule has 1 aromatic carbocycles. The zero-order valence-corrected chi connectivity index (χ0v) is 10.0. The van der Waals surface area contributed by atoms with Gasteiger partial charge in [-0.2, -0.15) is 0 Å². The Morgan fingerprint density at radius 3 is 2.58 bits per heavy atom. The van der Waals surface area contributed by atoms with E-state index in [1.165, 1.54) is 4.90 Å². The number of likely N-dealkylation sites (tertiary alicyclic amines) is 1. The summed E-state index contributed by atoms with van der Waals surface area (Å²) in [6.07, 6.45) is 0.395. The molecule has 1 heterocycles. The van der Waals surface area contributed by atoms with E-state index in [9.17, 15) is 18.4 Å². The van der Waals surface area contributed by atoms with E-state index in [1.807, 2.05) is 0 Å². The molecule has 1 fully saturated rings. The lowest BCUT2D eigenvalue weighted by Gasteiger charge is -2.17. The Bertz CT molecular complexity index is 548. The van der Waals surface area contributed by atoms with Crippen LogP contribution >= 0.6 is 0 Å². The predicted molar refractivity (Wildman–Crippen MR) is 64.0 cm³/mol. The molecule has 7 heteroatoms. The fourth-order valence-electron chi connectivity index (χ4n) is 2.10. The molecule has 1 unspecified atom stereocenters. The van der Waals surface area contributed by atoms with Crippen molar-refractivity contribution >= 4 is 17.5 Å². The van der Waals surface area contributed by atoms with Gasteiger partial charge in [0.05, 0.1) is 11.6 Å². The van der Waals surface area contributed by atoms with Gasteiger partial charge in [-0.05, 0) is 18.6 Å². The maximum absolute atomic E-state index is 13.7. The Kier molecular flexibility index (Phi) is 3.37. The topological polar surface area (TPSA) is 89.4 Å². The highest BCUT2D eigenvalue weighted by Crippen LogP contribution is 2.24. The number of halogens is 2. The van der Waals surface area contributed by atoms with Gasteiger partial charge in [-0.3, -0.25) is 9.59 Å². The highest BCUT2D eigenvalue weighted by Gasteiger charge is 2.32. The lowest BCUT2D eigenvalue weighted by molar-refractivity contribution is -0.121. The molecule has 5 nitrogen and oxygen atoms in total. The summed E-state index contributed by atoms with van der Waals surface area (Å²) in [6, 6.07) is 1.99.